The predicted molar refractivity (Wildman–Crippen MR) is 446 cm³/mol. The number of hydrogen-bond donors (Lipinski definition) is 22. The number of benzene rings is 2. The molecule has 14 atom stereocenters. The smallest absolute Gasteiger partial charge is 0.407 e. The normalized spacial score (nSPS) is 21.6. The van der Waals surface area contributed by atoms with E-state index < -0.39 is 274 Å². The number of aliphatic carboxylic acids is 4. The van der Waals surface area contributed by atoms with Crippen LogP contribution in [-0.2, 0) is 107 Å². The molecule has 0 bridgehead atoms. The number of cyclic esters (lactones) is 1. The van der Waals surface area contributed by atoms with Crippen molar-refractivity contribution in [3.63, 3.8) is 0 Å². The number of alkyl carbamates (subject to hydrolysis) is 1. The van der Waals surface area contributed by atoms with E-state index in [1.807, 2.05) is 34.2 Å². The number of nitrogens with one attached hydrogen (secondary N) is 15. The van der Waals surface area contributed by atoms with Gasteiger partial charge in [0.25, 0.3) is 0 Å². The Labute approximate surface area is 728 Å². The van der Waals surface area contributed by atoms with Gasteiger partial charge in [-0.05, 0) is 108 Å². The van der Waals surface area contributed by atoms with E-state index in [-0.39, 0.29) is 43.5 Å². The number of aromatic nitrogens is 1. The Morgan fingerprint density at radius 2 is 1.14 bits per heavy atom. The molecule has 24 N–H and O–H groups in total. The summed E-state index contributed by atoms with van der Waals surface area (Å²) in [6.07, 6.45) is 3.15. The van der Waals surface area contributed by atoms with Gasteiger partial charge in [0.15, 0.2) is 5.78 Å². The van der Waals surface area contributed by atoms with Crippen LogP contribution >= 0.6 is 0 Å². The van der Waals surface area contributed by atoms with Crippen LogP contribution in [0.2, 0.25) is 0 Å². The van der Waals surface area contributed by atoms with E-state index in [1.54, 1.807) is 24.4 Å². The fourth-order valence-corrected chi connectivity index (χ4v) is 13.5. The number of ketones is 1. The van der Waals surface area contributed by atoms with E-state index in [4.69, 9.17) is 20.9 Å². The van der Waals surface area contributed by atoms with Gasteiger partial charge in [-0.1, -0.05) is 94.9 Å². The highest BCUT2D eigenvalue weighted by Crippen LogP contribution is 2.23. The summed E-state index contributed by atoms with van der Waals surface area (Å²) in [5.41, 5.74) is 12.7. The number of nitrogen functional groups attached to an aromatic ring is 1. The van der Waals surface area contributed by atoms with Crippen LogP contribution in [0, 0.1) is 5.92 Å². The van der Waals surface area contributed by atoms with Gasteiger partial charge in [0.1, 0.15) is 78.7 Å². The molecular weight excluding hydrogens is 1670 g/mol. The molecule has 15 amide bonds. The zero-order valence-corrected chi connectivity index (χ0v) is 70.8. The summed E-state index contributed by atoms with van der Waals surface area (Å²) < 4.78 is 11.3. The van der Waals surface area contributed by atoms with E-state index in [0.29, 0.717) is 38.5 Å². The first-order chi connectivity index (χ1) is 60.3. The van der Waals surface area contributed by atoms with Crippen molar-refractivity contribution in [2.75, 3.05) is 32.0 Å². The number of anilines is 1. The minimum absolute atomic E-state index is 0.0159. The number of esters is 1. The number of Topliss-reactive ketones (excluding diaryl/α,β-unsaturated/α-hetero) is 1. The Morgan fingerprint density at radius 1 is 0.567 bits per heavy atom. The van der Waals surface area contributed by atoms with Gasteiger partial charge in [-0.25, -0.2) is 9.59 Å². The molecule has 127 heavy (non-hydrogen) atoms. The van der Waals surface area contributed by atoms with Crippen LogP contribution in [0.5, 0.6) is 0 Å². The maximum atomic E-state index is 15.0. The van der Waals surface area contributed by atoms with Crippen molar-refractivity contribution in [2.24, 2.45) is 11.7 Å². The molecule has 1 aromatic heterocycles. The van der Waals surface area contributed by atoms with Crippen molar-refractivity contribution < 1.29 is 136 Å². The van der Waals surface area contributed by atoms with Crippen molar-refractivity contribution in [3.8, 4) is 0 Å². The number of aliphatic hydroxyl groups excluding tert-OH is 1. The van der Waals surface area contributed by atoms with E-state index in [9.17, 15) is 126 Å². The van der Waals surface area contributed by atoms with Crippen molar-refractivity contribution in [1.82, 2.24) is 79.4 Å². The highest BCUT2D eigenvalue weighted by molar-refractivity contribution is 6.05. The molecule has 0 spiro atoms. The number of carboxylic acids is 4. The molecule has 696 valence electrons. The van der Waals surface area contributed by atoms with Crippen molar-refractivity contribution in [3.05, 3.63) is 78.0 Å². The molecule has 3 aromatic rings. The Balaban J connectivity index is 1.62. The molecule has 1 saturated heterocycles. The fraction of sp³-hybridized carbons (Fsp3) is 0.549. The summed E-state index contributed by atoms with van der Waals surface area (Å²) in [6, 6.07) is -10.7. The maximum absolute atomic E-state index is 15.0. The lowest BCUT2D eigenvalue weighted by Crippen LogP contribution is -2.61. The number of aryl methyl sites for hydroxylation is 1. The average Bonchev–Trinajstić information content (AvgIpc) is 1.72. The number of amides is 15. The molecule has 5 rings (SSSR count). The van der Waals surface area contributed by atoms with Crippen LogP contribution in [0.15, 0.2) is 66.9 Å². The Bertz CT molecular complexity index is 4460. The standard InChI is InChI=1S/C82H115N17O28/c1-5-6-7-8-9-13-16-29-62(103)90-53(31-30-46-39-86-51-27-20-18-24-48(46)51)74(117)94-54(35-61(84)102)76(119)96-57(38-68(112)113)77(120)99-70-45(4)126-81(124)58(34-60(101)49-25-17-19-26-50(49)83)97-80(123)69(43(2)33-65(106)107)98-78(121)59(42-100)92-64(105)40-87-72(115)55(36-66(108)109)93-71(114)44(3)89-75(118)56(37-67(110)111)95-73(116)52(91-63(104)41-88-79(70)122)28-21-32-85-82(125)127-47-22-14-11-10-12-15-23-47/h10-11,17-20,24-27,39,43-45,47,52-59,69-70,86,100H,5-9,12-16,21-23,28-38,40-42,83H2,1-4H3,(H2,84,102)(H,85,125)(H,87,115)(H,88,122)(H,89,118)(H,90,103)(H,91,104)(H,92,105)(H,93,114)(H,94,117)(H,95,116)(H,96,119)(H,97,123)(H,98,121)(H,99,120)(H,106,107)(H,108,109)(H,110,111)(H,112,113)/t43-,44+,45+,47?,52-,53-,54-,55-,56?,57-,58-,59+,69-,70-/m0/s1. The van der Waals surface area contributed by atoms with Crippen LogP contribution in [0.25, 0.3) is 10.9 Å². The first-order valence-corrected chi connectivity index (χ1v) is 41.6. The topological polar surface area (TPSA) is 714 Å². The van der Waals surface area contributed by atoms with Crippen LogP contribution in [0.1, 0.15) is 185 Å². The molecule has 2 aliphatic rings. The van der Waals surface area contributed by atoms with Crippen LogP contribution in [-0.4, -0.2) is 260 Å². The SMILES string of the molecule is CCCCCCCCCC(=O)N[C@@H](CCc1c[nH]c2ccccc12)C(=O)N[C@@H](CC(N)=O)C(=O)N[C@@H](CC(=O)O)C(=O)N[C@@H]1C(=O)NCC(=O)N[C@@H](CCCNC(=O)OC2CCC=CCCC2)C(=O)NC(CC(=O)O)C(=O)N[C@H](C)C(=O)N[C@@H](CC(=O)O)C(=O)NCC(=O)N[C@H](CO)C(=O)N[C@@H]([C@@H](C)CC(=O)O)C(=O)N[C@@H](CC(=O)c2ccccc2N)C(=O)O[C@@H]1C. The van der Waals surface area contributed by atoms with Gasteiger partial charge in [-0.3, -0.25) is 91.1 Å². The van der Waals surface area contributed by atoms with Gasteiger partial charge < -0.3 is 126 Å². The number of carbonyl (C=O) groups is 21. The Kier molecular flexibility index (Phi) is 43.8. The highest BCUT2D eigenvalue weighted by atomic mass is 16.6. The number of hydrogen-bond acceptors (Lipinski definition) is 25. The lowest BCUT2D eigenvalue weighted by Gasteiger charge is -2.30. The molecule has 45 nitrogen and oxygen atoms in total. The number of allylic oxidation sites excluding steroid dienone is 2. The number of H-pyrrole nitrogens is 1. The summed E-state index contributed by atoms with van der Waals surface area (Å²) >= 11 is 0. The van der Waals surface area contributed by atoms with E-state index in [0.717, 1.165) is 75.8 Å². The summed E-state index contributed by atoms with van der Waals surface area (Å²) in [5.74, 6) is -30.1. The van der Waals surface area contributed by atoms with Gasteiger partial charge >= 0.3 is 35.9 Å². The molecule has 0 radical (unpaired) electrons. The molecule has 1 aliphatic carbocycles. The summed E-state index contributed by atoms with van der Waals surface area (Å²) in [7, 11) is 0. The number of carboxylic acid groups (broad SMARTS) is 4. The first-order valence-electron chi connectivity index (χ1n) is 41.6. The lowest BCUT2D eigenvalue weighted by molar-refractivity contribution is -0.156. The molecule has 1 fully saturated rings. The van der Waals surface area contributed by atoms with E-state index in [1.165, 1.54) is 24.3 Å². The number of para-hydroxylation sites is 2. The zero-order chi connectivity index (χ0) is 94.0. The molecule has 2 unspecified atom stereocenters. The van der Waals surface area contributed by atoms with Crippen LogP contribution in [0.3, 0.4) is 0 Å². The van der Waals surface area contributed by atoms with Gasteiger partial charge in [0, 0.05) is 47.7 Å². The third-order valence-electron chi connectivity index (χ3n) is 20.4. The third kappa shape index (κ3) is 37.0. The number of aromatic amines is 1. The summed E-state index contributed by atoms with van der Waals surface area (Å²) in [6.45, 7) is 0.896. The molecule has 0 saturated carbocycles. The number of ether oxygens (including phenoxy) is 2. The summed E-state index contributed by atoms with van der Waals surface area (Å²) in [4.78, 5) is 293. The van der Waals surface area contributed by atoms with E-state index >= 15 is 0 Å². The monoisotopic (exact) mass is 1790 g/mol. The van der Waals surface area contributed by atoms with Crippen molar-refractivity contribution in [2.45, 2.75) is 254 Å². The number of rotatable bonds is 38. The maximum Gasteiger partial charge on any atom is 0.407 e. The highest BCUT2D eigenvalue weighted by Gasteiger charge is 2.41. The van der Waals surface area contributed by atoms with Crippen LogP contribution < -0.4 is 85.9 Å². The molecule has 2 heterocycles. The number of primary amides is 1. The minimum Gasteiger partial charge on any atom is -0.481 e. The molecule has 2 aromatic carbocycles. The molecule has 1 aliphatic heterocycles. The van der Waals surface area contributed by atoms with Crippen LogP contribution in [0.4, 0.5) is 10.5 Å². The minimum atomic E-state index is -2.49. The zero-order valence-electron chi connectivity index (χ0n) is 70.8. The first kappa shape index (κ1) is 104. The largest absolute Gasteiger partial charge is 0.481 e. The Hall–Kier alpha value is -13.7. The fourth-order valence-electron chi connectivity index (χ4n) is 13.5. The van der Waals surface area contributed by atoms with Gasteiger partial charge in [0.2, 0.25) is 82.7 Å². The molecular formula is C82H115N17O28. The average molecular weight is 1790 g/mol. The number of nitrogens with two attached hydrogens (primary N) is 2. The predicted octanol–water partition coefficient (Wildman–Crippen LogP) is -2.58. The summed E-state index contributed by atoms with van der Waals surface area (Å²) in [5, 5.41) is 82.1. The number of aliphatic hydroxyl groups is 1. The quantitative estimate of drug-likeness (QED) is 0.00921. The van der Waals surface area contributed by atoms with Gasteiger partial charge in [-0.15, -0.1) is 0 Å². The lowest BCUT2D eigenvalue weighted by atomic mass is 9.96. The van der Waals surface area contributed by atoms with Gasteiger partial charge in [0.05, 0.1) is 51.8 Å². The second kappa shape index (κ2) is 53.5. The van der Waals surface area contributed by atoms with E-state index in [2.05, 4.69) is 70.4 Å². The number of unbranched alkanes of at least 4 members (excludes halogenated alkanes) is 6. The number of fused-ring (bicyclic) bond motifs is 1. The number of carbonyl (C=O) groups excluding carboxylic acids is 17. The third-order valence-corrected chi connectivity index (χ3v) is 20.4. The second-order valence-corrected chi connectivity index (χ2v) is 30.7. The second-order valence-electron chi connectivity index (χ2n) is 30.7. The van der Waals surface area contributed by atoms with Crippen molar-refractivity contribution in [1.29, 1.82) is 0 Å². The Morgan fingerprint density at radius 3 is 1.79 bits per heavy atom. The molecule has 45 heteroatoms. The van der Waals surface area contributed by atoms with Gasteiger partial charge in [-0.2, -0.15) is 0 Å². The van der Waals surface area contributed by atoms with Crippen molar-refractivity contribution >= 4 is 141 Å².